The monoisotopic (exact) mass is 327 g/mol. The highest BCUT2D eigenvalue weighted by atomic mass is 19.2. The molecule has 2 heterocycles. The van der Waals surface area contributed by atoms with Crippen molar-refractivity contribution in [2.45, 2.75) is 19.4 Å². The van der Waals surface area contributed by atoms with Gasteiger partial charge in [0.15, 0.2) is 17.5 Å². The van der Waals surface area contributed by atoms with Gasteiger partial charge in [-0.05, 0) is 37.4 Å². The number of aliphatic hydroxyl groups excluding tert-OH is 1. The van der Waals surface area contributed by atoms with Crippen molar-refractivity contribution >= 4 is 0 Å². The molecule has 0 radical (unpaired) electrons. The van der Waals surface area contributed by atoms with Crippen LogP contribution in [-0.2, 0) is 6.54 Å². The number of nitrogens with zero attached hydrogens (tertiary/aromatic N) is 3. The standard InChI is InChI=1S/C15H16F3N3O2/c16-11-4-10(5-12(17)14(11)18)15-19-13(23-20-15)7-21-3-1-2-9(6-21)8-22/h4-5,9,22H,1-3,6-8H2. The van der Waals surface area contributed by atoms with Crippen LogP contribution in [0.15, 0.2) is 16.7 Å². The molecule has 124 valence electrons. The van der Waals surface area contributed by atoms with Crippen molar-refractivity contribution in [1.29, 1.82) is 0 Å². The normalized spacial score (nSPS) is 19.2. The number of hydrogen-bond donors (Lipinski definition) is 1. The quantitative estimate of drug-likeness (QED) is 0.874. The summed E-state index contributed by atoms with van der Waals surface area (Å²) in [7, 11) is 0. The topological polar surface area (TPSA) is 62.4 Å². The van der Waals surface area contributed by atoms with Gasteiger partial charge < -0.3 is 9.63 Å². The van der Waals surface area contributed by atoms with Gasteiger partial charge in [-0.25, -0.2) is 13.2 Å². The second-order valence-corrected chi connectivity index (χ2v) is 5.69. The maximum atomic E-state index is 13.3. The van der Waals surface area contributed by atoms with Crippen molar-refractivity contribution in [1.82, 2.24) is 15.0 Å². The number of likely N-dealkylation sites (tertiary alicyclic amines) is 1. The summed E-state index contributed by atoms with van der Waals surface area (Å²) >= 11 is 0. The molecule has 1 fully saturated rings. The Kier molecular flexibility index (Phi) is 4.63. The van der Waals surface area contributed by atoms with E-state index in [1.54, 1.807) is 0 Å². The summed E-state index contributed by atoms with van der Waals surface area (Å²) in [4.78, 5) is 6.18. The van der Waals surface area contributed by atoms with Crippen LogP contribution in [0.1, 0.15) is 18.7 Å². The summed E-state index contributed by atoms with van der Waals surface area (Å²) in [5.74, 6) is -3.58. The van der Waals surface area contributed by atoms with Gasteiger partial charge in [0.1, 0.15) is 0 Å². The molecular formula is C15H16F3N3O2. The highest BCUT2D eigenvalue weighted by Gasteiger charge is 2.22. The average Bonchev–Trinajstić information content (AvgIpc) is 3.01. The molecule has 1 saturated heterocycles. The fraction of sp³-hybridized carbons (Fsp3) is 0.467. The average molecular weight is 327 g/mol. The predicted molar refractivity (Wildman–Crippen MR) is 74.7 cm³/mol. The summed E-state index contributed by atoms with van der Waals surface area (Å²) < 4.78 is 44.6. The van der Waals surface area contributed by atoms with Crippen molar-refractivity contribution in [2.24, 2.45) is 5.92 Å². The number of aliphatic hydroxyl groups is 1. The van der Waals surface area contributed by atoms with Crippen molar-refractivity contribution in [3.8, 4) is 11.4 Å². The van der Waals surface area contributed by atoms with E-state index >= 15 is 0 Å². The van der Waals surface area contributed by atoms with Gasteiger partial charge in [-0.15, -0.1) is 0 Å². The summed E-state index contributed by atoms with van der Waals surface area (Å²) in [6.45, 7) is 2.12. The third-order valence-electron chi connectivity index (χ3n) is 3.93. The molecule has 8 heteroatoms. The van der Waals surface area contributed by atoms with Crippen molar-refractivity contribution in [3.05, 3.63) is 35.5 Å². The molecule has 23 heavy (non-hydrogen) atoms. The Bertz CT molecular complexity index is 669. The van der Waals surface area contributed by atoms with Crippen LogP contribution in [-0.4, -0.2) is 39.8 Å². The van der Waals surface area contributed by atoms with Gasteiger partial charge >= 0.3 is 0 Å². The van der Waals surface area contributed by atoms with Crippen LogP contribution in [0.2, 0.25) is 0 Å². The van der Waals surface area contributed by atoms with Crippen molar-refractivity contribution in [3.63, 3.8) is 0 Å². The first-order valence-corrected chi connectivity index (χ1v) is 7.37. The molecule has 1 aliphatic heterocycles. The van der Waals surface area contributed by atoms with Gasteiger partial charge in [-0.2, -0.15) is 4.98 Å². The van der Waals surface area contributed by atoms with E-state index in [-0.39, 0.29) is 23.9 Å². The largest absolute Gasteiger partial charge is 0.396 e. The Labute approximate surface area is 130 Å². The van der Waals surface area contributed by atoms with Crippen molar-refractivity contribution in [2.75, 3.05) is 19.7 Å². The summed E-state index contributed by atoms with van der Waals surface area (Å²) in [6.07, 6.45) is 1.96. The highest BCUT2D eigenvalue weighted by Crippen LogP contribution is 2.22. The first-order valence-electron chi connectivity index (χ1n) is 7.37. The maximum absolute atomic E-state index is 13.3. The molecule has 1 aliphatic rings. The minimum atomic E-state index is -1.53. The lowest BCUT2D eigenvalue weighted by molar-refractivity contribution is 0.107. The van der Waals surface area contributed by atoms with E-state index in [0.717, 1.165) is 38.1 Å². The van der Waals surface area contributed by atoms with Crippen LogP contribution < -0.4 is 0 Å². The van der Waals surface area contributed by atoms with E-state index in [1.165, 1.54) is 0 Å². The number of benzene rings is 1. The van der Waals surface area contributed by atoms with E-state index in [2.05, 4.69) is 15.0 Å². The van der Waals surface area contributed by atoms with Crippen LogP contribution in [0, 0.1) is 23.4 Å². The van der Waals surface area contributed by atoms with Crippen LogP contribution in [0.3, 0.4) is 0 Å². The first kappa shape index (κ1) is 15.9. The molecule has 0 saturated carbocycles. The minimum absolute atomic E-state index is 0.00789. The van der Waals surface area contributed by atoms with Gasteiger partial charge in [0.2, 0.25) is 11.7 Å². The molecule has 1 aromatic carbocycles. The van der Waals surface area contributed by atoms with Gasteiger partial charge in [0.25, 0.3) is 0 Å². The zero-order valence-corrected chi connectivity index (χ0v) is 12.3. The molecule has 1 atom stereocenters. The van der Waals surface area contributed by atoms with Crippen LogP contribution in [0.25, 0.3) is 11.4 Å². The SMILES string of the molecule is OCC1CCCN(Cc2nc(-c3cc(F)c(F)c(F)c3)no2)C1. The molecule has 2 aromatic rings. The molecule has 1 aromatic heterocycles. The van der Waals surface area contributed by atoms with E-state index in [0.29, 0.717) is 12.4 Å². The lowest BCUT2D eigenvalue weighted by atomic mass is 9.99. The van der Waals surface area contributed by atoms with Gasteiger partial charge in [0.05, 0.1) is 6.54 Å². The highest BCUT2D eigenvalue weighted by molar-refractivity contribution is 5.54. The Morgan fingerprint density at radius 2 is 2.00 bits per heavy atom. The summed E-state index contributed by atoms with van der Waals surface area (Å²) in [5.41, 5.74) is 0.0169. The smallest absolute Gasteiger partial charge is 0.241 e. The van der Waals surface area contributed by atoms with Crippen molar-refractivity contribution < 1.29 is 22.8 Å². The second kappa shape index (κ2) is 6.67. The van der Waals surface area contributed by atoms with Gasteiger partial charge in [-0.3, -0.25) is 4.90 Å². The van der Waals surface area contributed by atoms with Crippen LogP contribution in [0.4, 0.5) is 13.2 Å². The second-order valence-electron chi connectivity index (χ2n) is 5.69. The Hall–Kier alpha value is -1.93. The van der Waals surface area contributed by atoms with E-state index in [4.69, 9.17) is 4.52 Å². The Morgan fingerprint density at radius 3 is 2.70 bits per heavy atom. The van der Waals surface area contributed by atoms with E-state index in [9.17, 15) is 18.3 Å². The van der Waals surface area contributed by atoms with Crippen LogP contribution >= 0.6 is 0 Å². The number of hydrogen-bond acceptors (Lipinski definition) is 5. The number of aromatic nitrogens is 2. The van der Waals surface area contributed by atoms with Gasteiger partial charge in [-0.1, -0.05) is 5.16 Å². The summed E-state index contributed by atoms with van der Waals surface area (Å²) in [5, 5.41) is 12.9. The van der Waals surface area contributed by atoms with E-state index < -0.39 is 17.5 Å². The molecule has 0 spiro atoms. The fourth-order valence-electron chi connectivity index (χ4n) is 2.76. The Balaban J connectivity index is 1.73. The molecule has 3 rings (SSSR count). The molecule has 5 nitrogen and oxygen atoms in total. The molecule has 0 aliphatic carbocycles. The lowest BCUT2D eigenvalue weighted by Crippen LogP contribution is -2.36. The lowest BCUT2D eigenvalue weighted by Gasteiger charge is -2.30. The third kappa shape index (κ3) is 3.53. The third-order valence-corrected chi connectivity index (χ3v) is 3.93. The van der Waals surface area contributed by atoms with E-state index in [1.807, 2.05) is 0 Å². The predicted octanol–water partition coefficient (Wildman–Crippen LogP) is 2.36. The molecule has 0 bridgehead atoms. The summed E-state index contributed by atoms with van der Waals surface area (Å²) in [6, 6.07) is 1.66. The zero-order valence-electron chi connectivity index (χ0n) is 12.3. The molecule has 1 N–H and O–H groups in total. The number of rotatable bonds is 4. The molecule has 0 amide bonds. The van der Waals surface area contributed by atoms with Gasteiger partial charge in [0, 0.05) is 18.7 Å². The molecular weight excluding hydrogens is 311 g/mol. The molecule has 1 unspecified atom stereocenters. The fourth-order valence-corrected chi connectivity index (χ4v) is 2.76. The first-order chi connectivity index (χ1) is 11.1. The number of piperidine rings is 1. The zero-order chi connectivity index (χ0) is 16.4. The van der Waals surface area contributed by atoms with Crippen LogP contribution in [0.5, 0.6) is 0 Å². The maximum Gasteiger partial charge on any atom is 0.241 e. The number of halogens is 3. The Morgan fingerprint density at radius 1 is 1.26 bits per heavy atom. The minimum Gasteiger partial charge on any atom is -0.396 e.